The zero-order chi connectivity index (χ0) is 16.9. The number of hydrogen-bond acceptors (Lipinski definition) is 4. The van der Waals surface area contributed by atoms with Crippen molar-refractivity contribution in [2.75, 3.05) is 23.7 Å². The minimum Gasteiger partial charge on any atom is -0.494 e. The number of nitrogens with one attached hydrogen (secondary N) is 1. The Morgan fingerprint density at radius 1 is 1.30 bits per heavy atom. The van der Waals surface area contributed by atoms with E-state index in [0.717, 1.165) is 12.8 Å². The van der Waals surface area contributed by atoms with Gasteiger partial charge in [-0.15, -0.1) is 0 Å². The Kier molecular flexibility index (Phi) is 5.87. The first kappa shape index (κ1) is 17.6. The van der Waals surface area contributed by atoms with E-state index < -0.39 is 10.0 Å². The molecule has 0 radical (unpaired) electrons. The van der Waals surface area contributed by atoms with E-state index in [2.05, 4.69) is 5.32 Å². The lowest BCUT2D eigenvalue weighted by molar-refractivity contribution is -0.121. The molecular formula is C16H24N2O4S. The third kappa shape index (κ3) is 5.74. The van der Waals surface area contributed by atoms with Crippen LogP contribution in [0.3, 0.4) is 0 Å². The average Bonchev–Trinajstić information content (AvgIpc) is 3.28. The van der Waals surface area contributed by atoms with E-state index in [-0.39, 0.29) is 12.5 Å². The largest absolute Gasteiger partial charge is 0.494 e. The second-order valence-corrected chi connectivity index (χ2v) is 7.61. The van der Waals surface area contributed by atoms with Crippen LogP contribution in [0.4, 0.5) is 5.69 Å². The van der Waals surface area contributed by atoms with Crippen LogP contribution >= 0.6 is 0 Å². The van der Waals surface area contributed by atoms with Crippen molar-refractivity contribution in [2.45, 2.75) is 38.6 Å². The van der Waals surface area contributed by atoms with Gasteiger partial charge in [-0.2, -0.15) is 0 Å². The third-order valence-electron chi connectivity index (χ3n) is 3.54. The molecule has 0 aromatic heterocycles. The Labute approximate surface area is 137 Å². The van der Waals surface area contributed by atoms with Crippen molar-refractivity contribution in [3.63, 3.8) is 0 Å². The molecule has 1 aliphatic rings. The number of nitrogens with zero attached hydrogens (tertiary/aromatic N) is 1. The smallest absolute Gasteiger partial charge is 0.232 e. The van der Waals surface area contributed by atoms with E-state index in [9.17, 15) is 13.2 Å². The summed E-state index contributed by atoms with van der Waals surface area (Å²) in [4.78, 5) is 11.7. The van der Waals surface area contributed by atoms with Crippen LogP contribution in [-0.2, 0) is 14.8 Å². The average molecular weight is 340 g/mol. The zero-order valence-corrected chi connectivity index (χ0v) is 14.4. The molecular weight excluding hydrogens is 316 g/mol. The maximum Gasteiger partial charge on any atom is 0.232 e. The summed E-state index contributed by atoms with van der Waals surface area (Å²) < 4.78 is 30.7. The van der Waals surface area contributed by atoms with Crippen molar-refractivity contribution in [3.8, 4) is 5.75 Å². The standard InChI is InChI=1S/C16H24N2O4S/c1-3-22-15-10-8-14(9-11-15)18(23(2,20)21)12-4-5-16(19)17-13-6-7-13/h8-11,13H,3-7,12H2,1-2H3,(H,17,19). The lowest BCUT2D eigenvalue weighted by atomic mass is 10.2. The number of carbonyl (C=O) groups is 1. The Balaban J connectivity index is 1.94. The maximum atomic E-state index is 12.0. The van der Waals surface area contributed by atoms with Gasteiger partial charge in [0.15, 0.2) is 0 Å². The molecule has 0 heterocycles. The third-order valence-corrected chi connectivity index (χ3v) is 4.74. The van der Waals surface area contributed by atoms with Gasteiger partial charge in [-0.3, -0.25) is 9.10 Å². The van der Waals surface area contributed by atoms with Crippen LogP contribution in [0.25, 0.3) is 0 Å². The van der Waals surface area contributed by atoms with Crippen LogP contribution in [0.5, 0.6) is 5.75 Å². The number of ether oxygens (including phenoxy) is 1. The van der Waals surface area contributed by atoms with E-state index in [1.807, 2.05) is 6.92 Å². The summed E-state index contributed by atoms with van der Waals surface area (Å²) in [5.74, 6) is 0.696. The topological polar surface area (TPSA) is 75.7 Å². The van der Waals surface area contributed by atoms with Crippen LogP contribution in [0.1, 0.15) is 32.6 Å². The quantitative estimate of drug-likeness (QED) is 0.745. The molecule has 1 aromatic rings. The highest BCUT2D eigenvalue weighted by molar-refractivity contribution is 7.92. The fraction of sp³-hybridized carbons (Fsp3) is 0.562. The van der Waals surface area contributed by atoms with Crippen LogP contribution in [0.2, 0.25) is 0 Å². The molecule has 0 saturated heterocycles. The molecule has 1 aromatic carbocycles. The van der Waals surface area contributed by atoms with Crippen molar-refractivity contribution in [1.29, 1.82) is 0 Å². The van der Waals surface area contributed by atoms with Crippen LogP contribution in [0.15, 0.2) is 24.3 Å². The molecule has 7 heteroatoms. The van der Waals surface area contributed by atoms with Gasteiger partial charge in [0.25, 0.3) is 0 Å². The molecule has 6 nitrogen and oxygen atoms in total. The van der Waals surface area contributed by atoms with Gasteiger partial charge < -0.3 is 10.1 Å². The Morgan fingerprint density at radius 3 is 2.48 bits per heavy atom. The Morgan fingerprint density at radius 2 is 1.96 bits per heavy atom. The van der Waals surface area contributed by atoms with Gasteiger partial charge in [-0.25, -0.2) is 8.42 Å². The van der Waals surface area contributed by atoms with Crippen LogP contribution in [-0.4, -0.2) is 39.8 Å². The van der Waals surface area contributed by atoms with Gasteiger partial charge in [0, 0.05) is 19.0 Å². The highest BCUT2D eigenvalue weighted by Crippen LogP contribution is 2.22. The molecule has 0 atom stereocenters. The second kappa shape index (κ2) is 7.68. The summed E-state index contributed by atoms with van der Waals surface area (Å²) in [5, 5.41) is 2.90. The van der Waals surface area contributed by atoms with Crippen molar-refractivity contribution in [2.24, 2.45) is 0 Å². The van der Waals surface area contributed by atoms with Gasteiger partial charge in [-0.05, 0) is 50.5 Å². The maximum absolute atomic E-state index is 12.0. The normalized spacial score (nSPS) is 14.3. The van der Waals surface area contributed by atoms with Crippen molar-refractivity contribution in [1.82, 2.24) is 5.32 Å². The number of sulfonamides is 1. The van der Waals surface area contributed by atoms with Crippen molar-refractivity contribution in [3.05, 3.63) is 24.3 Å². The number of rotatable bonds is 9. The molecule has 0 aliphatic heterocycles. The van der Waals surface area contributed by atoms with Crippen molar-refractivity contribution >= 4 is 21.6 Å². The van der Waals surface area contributed by atoms with Crippen molar-refractivity contribution < 1.29 is 17.9 Å². The highest BCUT2D eigenvalue weighted by Gasteiger charge is 2.23. The second-order valence-electron chi connectivity index (χ2n) is 5.71. The first-order valence-electron chi connectivity index (χ1n) is 7.90. The van der Waals surface area contributed by atoms with Gasteiger partial charge in [0.05, 0.1) is 18.6 Å². The van der Waals surface area contributed by atoms with E-state index in [0.29, 0.717) is 36.9 Å². The lowest BCUT2D eigenvalue weighted by Gasteiger charge is -2.22. The SMILES string of the molecule is CCOc1ccc(N(CCCC(=O)NC2CC2)S(C)(=O)=O)cc1. The summed E-state index contributed by atoms with van der Waals surface area (Å²) in [5.41, 5.74) is 0.582. The monoisotopic (exact) mass is 340 g/mol. The van der Waals surface area contributed by atoms with Gasteiger partial charge in [0.1, 0.15) is 5.75 Å². The van der Waals surface area contributed by atoms with E-state index in [4.69, 9.17) is 4.74 Å². The fourth-order valence-corrected chi connectivity index (χ4v) is 3.24. The summed E-state index contributed by atoms with van der Waals surface area (Å²) >= 11 is 0. The molecule has 1 saturated carbocycles. The number of carbonyl (C=O) groups excluding carboxylic acids is 1. The molecule has 1 N–H and O–H groups in total. The predicted molar refractivity (Wildman–Crippen MR) is 90.2 cm³/mol. The molecule has 0 unspecified atom stereocenters. The highest BCUT2D eigenvalue weighted by atomic mass is 32.2. The summed E-state index contributed by atoms with van der Waals surface area (Å²) in [6, 6.07) is 7.26. The summed E-state index contributed by atoms with van der Waals surface area (Å²) in [6.45, 7) is 2.74. The minimum absolute atomic E-state index is 0.00681. The van der Waals surface area contributed by atoms with E-state index >= 15 is 0 Å². The van der Waals surface area contributed by atoms with E-state index in [1.165, 1.54) is 10.6 Å². The first-order chi connectivity index (χ1) is 10.9. The van der Waals surface area contributed by atoms with Crippen LogP contribution in [0, 0.1) is 0 Å². The number of anilines is 1. The predicted octanol–water partition coefficient (Wildman–Crippen LogP) is 1.91. The molecule has 1 aliphatic carbocycles. The molecule has 128 valence electrons. The molecule has 0 bridgehead atoms. The number of amides is 1. The molecule has 1 amide bonds. The zero-order valence-electron chi connectivity index (χ0n) is 13.6. The summed E-state index contributed by atoms with van der Waals surface area (Å²) in [7, 11) is -3.39. The Bertz CT molecular complexity index is 624. The molecule has 23 heavy (non-hydrogen) atoms. The van der Waals surface area contributed by atoms with E-state index in [1.54, 1.807) is 24.3 Å². The molecule has 1 fully saturated rings. The van der Waals surface area contributed by atoms with Crippen LogP contribution < -0.4 is 14.4 Å². The molecule has 2 rings (SSSR count). The number of benzene rings is 1. The lowest BCUT2D eigenvalue weighted by Crippen LogP contribution is -2.32. The molecule has 0 spiro atoms. The minimum atomic E-state index is -3.39. The summed E-state index contributed by atoms with van der Waals surface area (Å²) in [6.07, 6.45) is 4.09. The fourth-order valence-electron chi connectivity index (χ4n) is 2.27. The van der Waals surface area contributed by atoms with Gasteiger partial charge >= 0.3 is 0 Å². The first-order valence-corrected chi connectivity index (χ1v) is 9.75. The number of hydrogen-bond donors (Lipinski definition) is 1. The Hall–Kier alpha value is -1.76. The van der Waals surface area contributed by atoms with Gasteiger partial charge in [0.2, 0.25) is 15.9 Å². The van der Waals surface area contributed by atoms with Gasteiger partial charge in [-0.1, -0.05) is 0 Å².